The van der Waals surface area contributed by atoms with Gasteiger partial charge in [0.25, 0.3) is 0 Å². The van der Waals surface area contributed by atoms with E-state index in [4.69, 9.17) is 27.7 Å². The fraction of sp³-hybridized carbons (Fsp3) is 0.0526. The van der Waals surface area contributed by atoms with Gasteiger partial charge in [-0.05, 0) is 31.2 Å². The summed E-state index contributed by atoms with van der Waals surface area (Å²) in [6, 6.07) is 15.1. The third kappa shape index (κ3) is 3.69. The second kappa shape index (κ2) is 7.43. The van der Waals surface area contributed by atoms with Crippen molar-refractivity contribution in [3.05, 3.63) is 75.6 Å². The molecule has 2 aromatic carbocycles. The van der Waals surface area contributed by atoms with E-state index in [2.05, 4.69) is 16.5 Å². The van der Waals surface area contributed by atoms with Gasteiger partial charge in [0.2, 0.25) is 0 Å². The van der Waals surface area contributed by atoms with Crippen molar-refractivity contribution in [2.45, 2.75) is 6.92 Å². The third-order valence-electron chi connectivity index (χ3n) is 3.57. The van der Waals surface area contributed by atoms with E-state index >= 15 is 0 Å². The number of nitrogens with one attached hydrogen (secondary N) is 1. The Morgan fingerprint density at radius 3 is 2.44 bits per heavy atom. The highest BCUT2D eigenvalue weighted by Crippen LogP contribution is 2.36. The average molecular weight is 370 g/mol. The van der Waals surface area contributed by atoms with Gasteiger partial charge in [-0.2, -0.15) is 5.26 Å². The van der Waals surface area contributed by atoms with Crippen LogP contribution in [0.5, 0.6) is 0 Å². The predicted octanol–water partition coefficient (Wildman–Crippen LogP) is 5.91. The molecule has 0 saturated carbocycles. The Hall–Kier alpha value is -2.74. The Balaban J connectivity index is 1.89. The van der Waals surface area contributed by atoms with Crippen LogP contribution in [0.15, 0.2) is 53.2 Å². The number of nitrogens with zero attached hydrogens (tertiary/aromatic N) is 2. The molecule has 0 radical (unpaired) electrons. The maximum absolute atomic E-state index is 9.49. The number of halogens is 2. The Kier molecular flexibility index (Phi) is 5.08. The molecule has 25 heavy (non-hydrogen) atoms. The Bertz CT molecular complexity index is 949. The van der Waals surface area contributed by atoms with Crippen LogP contribution in [0.3, 0.4) is 0 Å². The van der Waals surface area contributed by atoms with Crippen molar-refractivity contribution >= 4 is 35.0 Å². The summed E-state index contributed by atoms with van der Waals surface area (Å²) in [6.07, 6.45) is 3.32. The van der Waals surface area contributed by atoms with Crippen molar-refractivity contribution in [3.63, 3.8) is 0 Å². The molecule has 6 heteroatoms. The molecule has 1 N–H and O–H groups in total. The lowest BCUT2D eigenvalue weighted by Crippen LogP contribution is -1.88. The lowest BCUT2D eigenvalue weighted by molar-refractivity contribution is 0.415. The van der Waals surface area contributed by atoms with E-state index in [9.17, 15) is 5.26 Å². The minimum Gasteiger partial charge on any atom is -0.362 e. The van der Waals surface area contributed by atoms with Gasteiger partial charge < -0.3 is 9.84 Å². The quantitative estimate of drug-likeness (QED) is 0.620. The van der Waals surface area contributed by atoms with E-state index in [0.29, 0.717) is 27.1 Å². The summed E-state index contributed by atoms with van der Waals surface area (Å²) >= 11 is 12.4. The molecule has 3 aromatic rings. The van der Waals surface area contributed by atoms with Crippen LogP contribution in [-0.4, -0.2) is 5.16 Å². The van der Waals surface area contributed by atoms with Gasteiger partial charge in [0.15, 0.2) is 5.76 Å². The molecule has 0 aliphatic heterocycles. The predicted molar refractivity (Wildman–Crippen MR) is 101 cm³/mol. The molecular weight excluding hydrogens is 357 g/mol. The lowest BCUT2D eigenvalue weighted by Gasteiger charge is -2.02. The van der Waals surface area contributed by atoms with Crippen LogP contribution < -0.4 is 5.32 Å². The van der Waals surface area contributed by atoms with Crippen molar-refractivity contribution in [2.75, 3.05) is 5.32 Å². The number of rotatable bonds is 4. The minimum atomic E-state index is 0.275. The van der Waals surface area contributed by atoms with E-state index in [0.717, 1.165) is 5.69 Å². The molecule has 0 spiro atoms. The normalized spacial score (nSPS) is 10.8. The topological polar surface area (TPSA) is 61.9 Å². The maximum Gasteiger partial charge on any atom is 0.179 e. The van der Waals surface area contributed by atoms with Gasteiger partial charge in [-0.25, -0.2) is 0 Å². The van der Waals surface area contributed by atoms with Gasteiger partial charge in [0.1, 0.15) is 17.3 Å². The highest BCUT2D eigenvalue weighted by molar-refractivity contribution is 6.39. The summed E-state index contributed by atoms with van der Waals surface area (Å²) in [7, 11) is 0. The number of hydrogen-bond donors (Lipinski definition) is 1. The molecule has 0 atom stereocenters. The zero-order chi connectivity index (χ0) is 17.8. The lowest BCUT2D eigenvalue weighted by atomic mass is 10.1. The van der Waals surface area contributed by atoms with Gasteiger partial charge in [0.05, 0.1) is 10.0 Å². The van der Waals surface area contributed by atoms with E-state index < -0.39 is 0 Å². The van der Waals surface area contributed by atoms with Crippen LogP contribution in [0.1, 0.15) is 16.9 Å². The molecule has 4 nitrogen and oxygen atoms in total. The van der Waals surface area contributed by atoms with Crippen molar-refractivity contribution in [3.8, 4) is 17.3 Å². The SMILES string of the molecule is Cc1ccc(NC=Cc2onc(-c3c(Cl)cccc3Cl)c2C#N)cc1. The van der Waals surface area contributed by atoms with Crippen LogP contribution >= 0.6 is 23.2 Å². The molecular formula is C19H13Cl2N3O. The van der Waals surface area contributed by atoms with Gasteiger partial charge in [-0.3, -0.25) is 0 Å². The summed E-state index contributed by atoms with van der Waals surface area (Å²) in [5.41, 5.74) is 3.19. The van der Waals surface area contributed by atoms with Crippen molar-refractivity contribution in [1.82, 2.24) is 5.16 Å². The zero-order valence-electron chi connectivity index (χ0n) is 13.3. The molecule has 0 aliphatic carbocycles. The minimum absolute atomic E-state index is 0.275. The summed E-state index contributed by atoms with van der Waals surface area (Å²) in [5.74, 6) is 0.327. The molecule has 0 unspecified atom stereocenters. The van der Waals surface area contributed by atoms with Crippen LogP contribution in [0, 0.1) is 18.3 Å². The number of hydrogen-bond acceptors (Lipinski definition) is 4. The third-order valence-corrected chi connectivity index (χ3v) is 4.20. The molecule has 1 aromatic heterocycles. The molecule has 0 saturated heterocycles. The molecule has 124 valence electrons. The summed E-state index contributed by atoms with van der Waals surface area (Å²) < 4.78 is 5.29. The number of aromatic nitrogens is 1. The van der Waals surface area contributed by atoms with Crippen molar-refractivity contribution < 1.29 is 4.52 Å². The average Bonchev–Trinajstić information content (AvgIpc) is 2.99. The second-order valence-electron chi connectivity index (χ2n) is 5.32. The number of benzene rings is 2. The van der Waals surface area contributed by atoms with Crippen LogP contribution in [0.2, 0.25) is 10.0 Å². The first-order valence-corrected chi connectivity index (χ1v) is 8.19. The first kappa shape index (κ1) is 17.1. The van der Waals surface area contributed by atoms with Crippen molar-refractivity contribution in [1.29, 1.82) is 5.26 Å². The molecule has 0 fully saturated rings. The highest BCUT2D eigenvalue weighted by atomic mass is 35.5. The highest BCUT2D eigenvalue weighted by Gasteiger charge is 2.20. The van der Waals surface area contributed by atoms with E-state index in [1.807, 2.05) is 31.2 Å². The number of nitriles is 1. The molecule has 3 rings (SSSR count). The van der Waals surface area contributed by atoms with Crippen LogP contribution in [0.25, 0.3) is 17.3 Å². The monoisotopic (exact) mass is 369 g/mol. The zero-order valence-corrected chi connectivity index (χ0v) is 14.8. The molecule has 0 aliphatic rings. The first-order chi connectivity index (χ1) is 12.1. The number of anilines is 1. The van der Waals surface area contributed by atoms with E-state index in [1.54, 1.807) is 30.5 Å². The maximum atomic E-state index is 9.49. The molecule has 0 bridgehead atoms. The second-order valence-corrected chi connectivity index (χ2v) is 6.14. The summed E-state index contributed by atoms with van der Waals surface area (Å²) in [6.45, 7) is 2.02. The van der Waals surface area contributed by atoms with E-state index in [-0.39, 0.29) is 5.56 Å². The summed E-state index contributed by atoms with van der Waals surface area (Å²) in [4.78, 5) is 0. The van der Waals surface area contributed by atoms with Crippen molar-refractivity contribution in [2.24, 2.45) is 0 Å². The van der Waals surface area contributed by atoms with Crippen LogP contribution in [0.4, 0.5) is 5.69 Å². The van der Waals surface area contributed by atoms with Crippen LogP contribution in [-0.2, 0) is 0 Å². The van der Waals surface area contributed by atoms with Gasteiger partial charge in [0, 0.05) is 23.5 Å². The molecule has 0 amide bonds. The van der Waals surface area contributed by atoms with Gasteiger partial charge in [-0.15, -0.1) is 0 Å². The Morgan fingerprint density at radius 2 is 1.80 bits per heavy atom. The summed E-state index contributed by atoms with van der Waals surface area (Å²) in [5, 5.41) is 17.4. The molecule has 1 heterocycles. The smallest absolute Gasteiger partial charge is 0.179 e. The van der Waals surface area contributed by atoms with Gasteiger partial charge >= 0.3 is 0 Å². The Morgan fingerprint density at radius 1 is 1.12 bits per heavy atom. The Labute approximate surface area is 155 Å². The largest absolute Gasteiger partial charge is 0.362 e. The first-order valence-electron chi connectivity index (χ1n) is 7.44. The van der Waals surface area contributed by atoms with E-state index in [1.165, 1.54) is 5.56 Å². The standard InChI is InChI=1S/C19H13Cl2N3O/c1-12-5-7-13(8-6-12)23-10-9-17-14(11-22)19(24-25-17)18-15(20)3-2-4-16(18)21/h2-10,23H,1H3. The van der Waals surface area contributed by atoms with Gasteiger partial charge in [-0.1, -0.05) is 52.1 Å². The number of aryl methyl sites for hydroxylation is 1. The fourth-order valence-corrected chi connectivity index (χ4v) is 2.86. The fourth-order valence-electron chi connectivity index (χ4n) is 2.28.